The molecule has 0 atom stereocenters. The van der Waals surface area contributed by atoms with Crippen LogP contribution in [0.1, 0.15) is 0 Å². The topological polar surface area (TPSA) is 8.17 Å². The molecule has 1 aromatic heterocycles. The molecule has 1 heterocycles. The molecule has 0 fully saturated rings. The van der Waals surface area contributed by atoms with Gasteiger partial charge < -0.3 is 9.47 Å². The Labute approximate surface area is 315 Å². The van der Waals surface area contributed by atoms with Crippen molar-refractivity contribution in [3.8, 4) is 39.1 Å². The summed E-state index contributed by atoms with van der Waals surface area (Å²) in [6.45, 7) is 0. The molecule has 0 spiro atoms. The van der Waals surface area contributed by atoms with Crippen LogP contribution in [-0.4, -0.2) is 4.57 Å². The van der Waals surface area contributed by atoms with Gasteiger partial charge in [0.05, 0.1) is 28.1 Å². The van der Waals surface area contributed by atoms with E-state index in [1.165, 1.54) is 60.4 Å². The largest absolute Gasteiger partial charge is 0.309 e. The first kappa shape index (κ1) is 31.6. The summed E-state index contributed by atoms with van der Waals surface area (Å²) in [6.07, 6.45) is 0. The molecule has 10 rings (SSSR count). The van der Waals surface area contributed by atoms with Crippen LogP contribution in [0.15, 0.2) is 218 Å². The van der Waals surface area contributed by atoms with Crippen LogP contribution < -0.4 is 4.90 Å². The summed E-state index contributed by atoms with van der Waals surface area (Å²) in [5.41, 5.74) is 14.0. The molecule has 0 N–H and O–H groups in total. The fraction of sp³-hybridized carbons (Fsp3) is 0. The minimum Gasteiger partial charge on any atom is -0.309 e. The van der Waals surface area contributed by atoms with Crippen LogP contribution in [0.5, 0.6) is 0 Å². The quantitative estimate of drug-likeness (QED) is 0.162. The molecule has 0 amide bonds. The van der Waals surface area contributed by atoms with E-state index >= 15 is 0 Å². The minimum atomic E-state index is 1.09. The van der Waals surface area contributed by atoms with E-state index in [0.29, 0.717) is 0 Å². The van der Waals surface area contributed by atoms with Gasteiger partial charge in [0.15, 0.2) is 0 Å². The molecule has 0 aliphatic heterocycles. The second-order valence-electron chi connectivity index (χ2n) is 13.7. The minimum absolute atomic E-state index is 1.09. The predicted octanol–water partition coefficient (Wildman–Crippen LogP) is 14.4. The Morgan fingerprint density at radius 2 is 0.852 bits per heavy atom. The summed E-state index contributed by atoms with van der Waals surface area (Å²) >= 11 is 0. The molecule has 254 valence electrons. The molecule has 0 saturated heterocycles. The van der Waals surface area contributed by atoms with Gasteiger partial charge in [-0.25, -0.2) is 0 Å². The van der Waals surface area contributed by atoms with Crippen molar-refractivity contribution in [2.24, 2.45) is 0 Å². The molecule has 10 aromatic rings. The van der Waals surface area contributed by atoms with Crippen molar-refractivity contribution >= 4 is 49.6 Å². The summed E-state index contributed by atoms with van der Waals surface area (Å²) < 4.78 is 2.46. The van der Waals surface area contributed by atoms with Crippen molar-refractivity contribution in [2.45, 2.75) is 0 Å². The van der Waals surface area contributed by atoms with E-state index in [1.807, 2.05) is 0 Å². The van der Waals surface area contributed by atoms with Crippen LogP contribution >= 0.6 is 0 Å². The Morgan fingerprint density at radius 3 is 1.67 bits per heavy atom. The van der Waals surface area contributed by atoms with Crippen molar-refractivity contribution in [2.75, 3.05) is 4.90 Å². The fourth-order valence-corrected chi connectivity index (χ4v) is 8.08. The van der Waals surface area contributed by atoms with Gasteiger partial charge >= 0.3 is 0 Å². The van der Waals surface area contributed by atoms with Gasteiger partial charge in [-0.3, -0.25) is 0 Å². The van der Waals surface area contributed by atoms with Crippen molar-refractivity contribution < 1.29 is 0 Å². The normalized spacial score (nSPS) is 11.3. The monoisotopic (exact) mass is 688 g/mol. The molecule has 0 aliphatic rings. The summed E-state index contributed by atoms with van der Waals surface area (Å²) in [4.78, 5) is 2.44. The fourth-order valence-electron chi connectivity index (χ4n) is 8.08. The van der Waals surface area contributed by atoms with Crippen LogP contribution in [0, 0.1) is 0 Å². The van der Waals surface area contributed by atoms with Gasteiger partial charge in [-0.15, -0.1) is 0 Å². The molecule has 0 radical (unpaired) electrons. The van der Waals surface area contributed by atoms with Crippen LogP contribution in [0.3, 0.4) is 0 Å². The van der Waals surface area contributed by atoms with Crippen LogP contribution in [0.4, 0.5) is 17.1 Å². The zero-order valence-corrected chi connectivity index (χ0v) is 29.7. The van der Waals surface area contributed by atoms with Crippen molar-refractivity contribution in [1.29, 1.82) is 0 Å². The molecular formula is C52H36N2. The number of para-hydroxylation sites is 3. The van der Waals surface area contributed by atoms with Crippen molar-refractivity contribution in [1.82, 2.24) is 4.57 Å². The summed E-state index contributed by atoms with van der Waals surface area (Å²) in [6, 6.07) is 78.9. The SMILES string of the molecule is c1ccc(-c2ccc(-c3ccccc3-n3c4ccccc4c4ccc(N(c5ccccc5-c5ccccc5)c5cccc6ccccc56)cc43)cc2)cc1. The summed E-state index contributed by atoms with van der Waals surface area (Å²) in [7, 11) is 0. The van der Waals surface area contributed by atoms with Crippen LogP contribution in [0.2, 0.25) is 0 Å². The molecule has 9 aromatic carbocycles. The lowest BCUT2D eigenvalue weighted by Gasteiger charge is -2.29. The molecule has 2 nitrogen and oxygen atoms in total. The lowest BCUT2D eigenvalue weighted by atomic mass is 9.99. The number of anilines is 3. The van der Waals surface area contributed by atoms with E-state index in [9.17, 15) is 0 Å². The van der Waals surface area contributed by atoms with Gasteiger partial charge in [0.1, 0.15) is 0 Å². The first-order chi connectivity index (χ1) is 26.8. The maximum absolute atomic E-state index is 2.46. The molecule has 2 heteroatoms. The highest BCUT2D eigenvalue weighted by atomic mass is 15.1. The van der Waals surface area contributed by atoms with E-state index in [-0.39, 0.29) is 0 Å². The van der Waals surface area contributed by atoms with Gasteiger partial charge in [0.2, 0.25) is 0 Å². The van der Waals surface area contributed by atoms with Gasteiger partial charge in [-0.2, -0.15) is 0 Å². The van der Waals surface area contributed by atoms with Crippen molar-refractivity contribution in [3.63, 3.8) is 0 Å². The Balaban J connectivity index is 1.21. The first-order valence-electron chi connectivity index (χ1n) is 18.5. The Kier molecular flexibility index (Phi) is 7.85. The number of nitrogens with zero attached hydrogens (tertiary/aromatic N) is 2. The highest BCUT2D eigenvalue weighted by Crippen LogP contribution is 2.45. The van der Waals surface area contributed by atoms with Gasteiger partial charge in [0.25, 0.3) is 0 Å². The Morgan fingerprint density at radius 1 is 0.315 bits per heavy atom. The molecule has 54 heavy (non-hydrogen) atoms. The number of fused-ring (bicyclic) bond motifs is 4. The number of rotatable bonds is 7. The Hall–Kier alpha value is -7.16. The third-order valence-electron chi connectivity index (χ3n) is 10.6. The molecule has 0 bridgehead atoms. The second kappa shape index (κ2) is 13.4. The molecule has 0 aliphatic carbocycles. The highest BCUT2D eigenvalue weighted by Gasteiger charge is 2.22. The van der Waals surface area contributed by atoms with Crippen LogP contribution in [0.25, 0.3) is 71.6 Å². The zero-order valence-electron chi connectivity index (χ0n) is 29.7. The smallest absolute Gasteiger partial charge is 0.0562 e. The van der Waals surface area contributed by atoms with E-state index < -0.39 is 0 Å². The highest BCUT2D eigenvalue weighted by molar-refractivity contribution is 6.11. The lowest BCUT2D eigenvalue weighted by Crippen LogP contribution is -2.12. The maximum Gasteiger partial charge on any atom is 0.0562 e. The molecule has 0 saturated carbocycles. The average Bonchev–Trinajstić information content (AvgIpc) is 3.58. The van der Waals surface area contributed by atoms with Gasteiger partial charge in [-0.1, -0.05) is 182 Å². The van der Waals surface area contributed by atoms with Crippen LogP contribution in [-0.2, 0) is 0 Å². The third-order valence-corrected chi connectivity index (χ3v) is 10.6. The number of aromatic nitrogens is 1. The zero-order chi connectivity index (χ0) is 35.8. The second-order valence-corrected chi connectivity index (χ2v) is 13.7. The van der Waals surface area contributed by atoms with E-state index in [1.54, 1.807) is 0 Å². The standard InChI is InChI=1S/C52H36N2/c1-3-16-37(17-4-1)38-30-32-41(33-31-38)45-24-10-13-27-50(45)54-51-28-14-11-25-46(51)47-35-34-42(36-52(47)54)53(49-29-15-21-40-20-7-8-22-44(40)49)48-26-12-9-23-43(48)39-18-5-2-6-19-39/h1-36H. The third kappa shape index (κ3) is 5.44. The Bertz CT molecular complexity index is 2920. The van der Waals surface area contributed by atoms with Gasteiger partial charge in [-0.05, 0) is 64.0 Å². The van der Waals surface area contributed by atoms with E-state index in [2.05, 4.69) is 228 Å². The molecular weight excluding hydrogens is 653 g/mol. The number of hydrogen-bond donors (Lipinski definition) is 0. The van der Waals surface area contributed by atoms with Gasteiger partial charge in [0, 0.05) is 33.0 Å². The first-order valence-corrected chi connectivity index (χ1v) is 18.5. The average molecular weight is 689 g/mol. The van der Waals surface area contributed by atoms with E-state index in [0.717, 1.165) is 28.3 Å². The summed E-state index contributed by atoms with van der Waals surface area (Å²) in [5.74, 6) is 0. The maximum atomic E-state index is 2.46. The molecule has 0 unspecified atom stereocenters. The van der Waals surface area contributed by atoms with Crippen molar-refractivity contribution in [3.05, 3.63) is 218 Å². The predicted molar refractivity (Wildman–Crippen MR) is 229 cm³/mol. The number of benzene rings is 9. The lowest BCUT2D eigenvalue weighted by molar-refractivity contribution is 1.18. The summed E-state index contributed by atoms with van der Waals surface area (Å²) in [5, 5.41) is 4.86. The van der Waals surface area contributed by atoms with E-state index in [4.69, 9.17) is 0 Å². The number of hydrogen-bond acceptors (Lipinski definition) is 1.